The van der Waals surface area contributed by atoms with Crippen LogP contribution < -0.4 is 4.74 Å². The minimum Gasteiger partial charge on any atom is -0.450 e. The molecule has 0 amide bonds. The lowest BCUT2D eigenvalue weighted by Gasteiger charge is -2.11. The van der Waals surface area contributed by atoms with Gasteiger partial charge in [0.1, 0.15) is 11.6 Å². The molecular weight excluding hydrogens is 388 g/mol. The molecule has 0 heterocycles. The van der Waals surface area contributed by atoms with E-state index in [4.69, 9.17) is 27.9 Å². The molecule has 21 heavy (non-hydrogen) atoms. The van der Waals surface area contributed by atoms with E-state index >= 15 is 0 Å². The molecule has 2 rings (SSSR count). The number of nitro groups is 1. The van der Waals surface area contributed by atoms with Crippen LogP contribution >= 0.6 is 39.1 Å². The summed E-state index contributed by atoms with van der Waals surface area (Å²) in [6.45, 7) is 0. The van der Waals surface area contributed by atoms with Gasteiger partial charge in [0.15, 0.2) is 0 Å². The molecule has 0 saturated heterocycles. The highest BCUT2D eigenvalue weighted by Gasteiger charge is 2.21. The first kappa shape index (κ1) is 16.0. The molecule has 0 fully saturated rings. The molecule has 0 radical (unpaired) electrons. The SMILES string of the molecule is O=[N+]([O-])c1cc(Br)c(F)cc1Oc1cccc(Cl)c1CCl. The third kappa shape index (κ3) is 3.45. The van der Waals surface area contributed by atoms with E-state index in [-0.39, 0.29) is 27.5 Å². The number of ether oxygens (including phenoxy) is 1. The number of alkyl halides is 1. The first-order chi connectivity index (χ1) is 9.93. The molecule has 0 spiro atoms. The summed E-state index contributed by atoms with van der Waals surface area (Å²) in [4.78, 5) is 10.4. The van der Waals surface area contributed by atoms with E-state index in [2.05, 4.69) is 15.9 Å². The topological polar surface area (TPSA) is 52.4 Å². The first-order valence-corrected chi connectivity index (χ1v) is 7.29. The van der Waals surface area contributed by atoms with Crippen molar-refractivity contribution in [3.8, 4) is 11.5 Å². The lowest BCUT2D eigenvalue weighted by molar-refractivity contribution is -0.385. The molecule has 0 unspecified atom stereocenters. The molecular formula is C13H7BrCl2FNO3. The molecule has 2 aromatic rings. The van der Waals surface area contributed by atoms with Crippen molar-refractivity contribution in [2.45, 2.75) is 5.88 Å². The average Bonchev–Trinajstić information content (AvgIpc) is 2.42. The van der Waals surface area contributed by atoms with Crippen LogP contribution in [-0.4, -0.2) is 4.92 Å². The van der Waals surface area contributed by atoms with E-state index in [1.165, 1.54) is 0 Å². The van der Waals surface area contributed by atoms with Crippen LogP contribution in [0.15, 0.2) is 34.8 Å². The first-order valence-electron chi connectivity index (χ1n) is 5.58. The number of hydrogen-bond acceptors (Lipinski definition) is 3. The summed E-state index contributed by atoms with van der Waals surface area (Å²) < 4.78 is 19.0. The standard InChI is InChI=1S/C13H7BrCl2FNO3/c14-8-4-11(18(19)20)13(5-10(8)17)21-12-3-1-2-9(16)7(12)6-15/h1-5H,6H2. The number of benzene rings is 2. The second-order valence-corrected chi connectivity index (χ2v) is 5.47. The fourth-order valence-electron chi connectivity index (χ4n) is 1.63. The Hall–Kier alpha value is -1.37. The van der Waals surface area contributed by atoms with Crippen LogP contribution in [0.5, 0.6) is 11.5 Å². The summed E-state index contributed by atoms with van der Waals surface area (Å²) in [5, 5.41) is 11.4. The number of halogens is 4. The van der Waals surface area contributed by atoms with E-state index < -0.39 is 10.7 Å². The van der Waals surface area contributed by atoms with E-state index in [0.717, 1.165) is 12.1 Å². The van der Waals surface area contributed by atoms with Gasteiger partial charge in [0, 0.05) is 22.7 Å². The van der Waals surface area contributed by atoms with Gasteiger partial charge in [0.05, 0.1) is 15.3 Å². The Bertz CT molecular complexity index is 712. The van der Waals surface area contributed by atoms with Crippen molar-refractivity contribution >= 4 is 44.8 Å². The van der Waals surface area contributed by atoms with Gasteiger partial charge in [-0.15, -0.1) is 11.6 Å². The van der Waals surface area contributed by atoms with Crippen molar-refractivity contribution in [3.05, 3.63) is 61.3 Å². The van der Waals surface area contributed by atoms with Crippen molar-refractivity contribution in [1.29, 1.82) is 0 Å². The summed E-state index contributed by atoms with van der Waals surface area (Å²) in [7, 11) is 0. The highest BCUT2D eigenvalue weighted by atomic mass is 79.9. The fourth-order valence-corrected chi connectivity index (χ4v) is 2.53. The van der Waals surface area contributed by atoms with Crippen LogP contribution in [0.4, 0.5) is 10.1 Å². The van der Waals surface area contributed by atoms with Gasteiger partial charge in [0.25, 0.3) is 0 Å². The lowest BCUT2D eigenvalue weighted by Crippen LogP contribution is -1.97. The Morgan fingerprint density at radius 1 is 1.33 bits per heavy atom. The Labute approximate surface area is 137 Å². The minimum absolute atomic E-state index is 0.0230. The van der Waals surface area contributed by atoms with Gasteiger partial charge in [-0.3, -0.25) is 10.1 Å². The molecule has 0 bridgehead atoms. The van der Waals surface area contributed by atoms with Crippen molar-refractivity contribution in [2.24, 2.45) is 0 Å². The normalized spacial score (nSPS) is 10.5. The Morgan fingerprint density at radius 2 is 2.05 bits per heavy atom. The summed E-state index contributed by atoms with van der Waals surface area (Å²) >= 11 is 14.7. The smallest absolute Gasteiger partial charge is 0.312 e. The van der Waals surface area contributed by atoms with E-state index in [1.807, 2.05) is 0 Å². The van der Waals surface area contributed by atoms with Crippen LogP contribution in [0.2, 0.25) is 5.02 Å². The van der Waals surface area contributed by atoms with Crippen molar-refractivity contribution < 1.29 is 14.1 Å². The lowest BCUT2D eigenvalue weighted by atomic mass is 10.2. The Balaban J connectivity index is 2.51. The Morgan fingerprint density at radius 3 is 2.67 bits per heavy atom. The molecule has 0 aliphatic rings. The zero-order valence-corrected chi connectivity index (χ0v) is 13.4. The zero-order valence-electron chi connectivity index (χ0n) is 10.3. The predicted octanol–water partition coefficient (Wildman–Crippen LogP) is 5.68. The van der Waals surface area contributed by atoms with Crippen molar-refractivity contribution in [3.63, 3.8) is 0 Å². The third-order valence-electron chi connectivity index (χ3n) is 2.63. The largest absolute Gasteiger partial charge is 0.450 e. The van der Waals surface area contributed by atoms with Crippen molar-refractivity contribution in [1.82, 2.24) is 0 Å². The number of nitro benzene ring substituents is 1. The van der Waals surface area contributed by atoms with Crippen LogP contribution in [0.3, 0.4) is 0 Å². The predicted molar refractivity (Wildman–Crippen MR) is 81.8 cm³/mol. The number of hydrogen-bond donors (Lipinski definition) is 0. The summed E-state index contributed by atoms with van der Waals surface area (Å²) in [5.41, 5.74) is 0.0993. The van der Waals surface area contributed by atoms with Crippen LogP contribution in [0.1, 0.15) is 5.56 Å². The van der Waals surface area contributed by atoms with Crippen LogP contribution in [0, 0.1) is 15.9 Å². The quantitative estimate of drug-likeness (QED) is 0.380. The molecule has 0 aliphatic heterocycles. The van der Waals surface area contributed by atoms with Gasteiger partial charge in [0.2, 0.25) is 5.75 Å². The zero-order chi connectivity index (χ0) is 15.6. The second-order valence-electron chi connectivity index (χ2n) is 3.94. The maximum atomic E-state index is 13.6. The summed E-state index contributed by atoms with van der Waals surface area (Å²) in [6, 6.07) is 6.74. The summed E-state index contributed by atoms with van der Waals surface area (Å²) in [5.74, 6) is -0.608. The van der Waals surface area contributed by atoms with Gasteiger partial charge >= 0.3 is 5.69 Å². The van der Waals surface area contributed by atoms with Gasteiger partial charge < -0.3 is 4.74 Å². The second kappa shape index (κ2) is 6.60. The Kier molecular flexibility index (Phi) is 5.03. The van der Waals surface area contributed by atoms with Crippen LogP contribution in [-0.2, 0) is 5.88 Å². The molecule has 0 N–H and O–H groups in total. The van der Waals surface area contributed by atoms with Gasteiger partial charge in [-0.25, -0.2) is 4.39 Å². The van der Waals surface area contributed by atoms with E-state index in [9.17, 15) is 14.5 Å². The molecule has 110 valence electrons. The van der Waals surface area contributed by atoms with Gasteiger partial charge in [-0.1, -0.05) is 17.7 Å². The van der Waals surface area contributed by atoms with Crippen LogP contribution in [0.25, 0.3) is 0 Å². The maximum absolute atomic E-state index is 13.6. The van der Waals surface area contributed by atoms with Gasteiger partial charge in [-0.05, 0) is 28.1 Å². The molecule has 0 aromatic heterocycles. The highest BCUT2D eigenvalue weighted by molar-refractivity contribution is 9.10. The van der Waals surface area contributed by atoms with Crippen molar-refractivity contribution in [2.75, 3.05) is 0 Å². The third-order valence-corrected chi connectivity index (χ3v) is 3.86. The fraction of sp³-hybridized carbons (Fsp3) is 0.0769. The number of rotatable bonds is 4. The number of nitrogens with zero attached hydrogens (tertiary/aromatic N) is 1. The maximum Gasteiger partial charge on any atom is 0.312 e. The molecule has 4 nitrogen and oxygen atoms in total. The van der Waals surface area contributed by atoms with E-state index in [1.54, 1.807) is 18.2 Å². The van der Waals surface area contributed by atoms with E-state index in [0.29, 0.717) is 10.6 Å². The summed E-state index contributed by atoms with van der Waals surface area (Å²) in [6.07, 6.45) is 0. The molecule has 0 atom stereocenters. The molecule has 0 aliphatic carbocycles. The van der Waals surface area contributed by atoms with Gasteiger partial charge in [-0.2, -0.15) is 0 Å². The average molecular weight is 395 g/mol. The molecule has 0 saturated carbocycles. The highest BCUT2D eigenvalue weighted by Crippen LogP contribution is 2.38. The molecule has 8 heteroatoms. The minimum atomic E-state index is -0.676. The monoisotopic (exact) mass is 393 g/mol. The molecule has 2 aromatic carbocycles.